The van der Waals surface area contributed by atoms with Crippen molar-refractivity contribution in [1.82, 2.24) is 15.2 Å². The molecule has 1 amide bonds. The Balaban J connectivity index is 1.57. The molecule has 2 heterocycles. The van der Waals surface area contributed by atoms with Gasteiger partial charge in [0.15, 0.2) is 0 Å². The molecule has 0 spiro atoms. The number of anilines is 1. The summed E-state index contributed by atoms with van der Waals surface area (Å²) < 4.78 is 19.5. The fraction of sp³-hybridized carbons (Fsp3) is 0.143. The zero-order valence-electron chi connectivity index (χ0n) is 16.2. The molecule has 0 fully saturated rings. The van der Waals surface area contributed by atoms with Gasteiger partial charge in [-0.15, -0.1) is 21.5 Å². The molecule has 30 heavy (non-hydrogen) atoms. The average Bonchev–Trinajstić information content (AvgIpc) is 3.13. The van der Waals surface area contributed by atoms with Crippen molar-refractivity contribution in [3.05, 3.63) is 59.4 Å². The summed E-state index contributed by atoms with van der Waals surface area (Å²) in [5, 5.41) is 12.9. The number of hydrogen-bond acceptors (Lipinski definition) is 7. The third-order valence-corrected chi connectivity index (χ3v) is 6.12. The summed E-state index contributed by atoms with van der Waals surface area (Å²) in [5.74, 6) is 0.176. The third kappa shape index (κ3) is 4.42. The quantitative estimate of drug-likeness (QED) is 0.428. The summed E-state index contributed by atoms with van der Waals surface area (Å²) in [4.78, 5) is 16.9. The Morgan fingerprint density at radius 3 is 2.83 bits per heavy atom. The van der Waals surface area contributed by atoms with E-state index in [-0.39, 0.29) is 11.7 Å². The minimum absolute atomic E-state index is 0.107. The molecule has 0 saturated heterocycles. The molecule has 0 aliphatic heterocycles. The highest BCUT2D eigenvalue weighted by atomic mass is 32.2. The number of fused-ring (bicyclic) bond motifs is 1. The second kappa shape index (κ2) is 8.76. The monoisotopic (exact) mass is 440 g/mol. The summed E-state index contributed by atoms with van der Waals surface area (Å²) in [5.41, 5.74) is 2.74. The van der Waals surface area contributed by atoms with Gasteiger partial charge in [-0.1, -0.05) is 30.0 Å². The first-order chi connectivity index (χ1) is 14.5. The van der Waals surface area contributed by atoms with Crippen LogP contribution in [0.5, 0.6) is 5.75 Å². The van der Waals surface area contributed by atoms with E-state index in [4.69, 9.17) is 4.74 Å². The van der Waals surface area contributed by atoms with Gasteiger partial charge in [-0.25, -0.2) is 9.37 Å². The summed E-state index contributed by atoms with van der Waals surface area (Å²) in [6.07, 6.45) is 0. The Hall–Kier alpha value is -3.04. The number of carbonyl (C=O) groups excluding carboxylic acids is 1. The van der Waals surface area contributed by atoms with E-state index in [1.807, 2.05) is 31.2 Å². The van der Waals surface area contributed by atoms with Gasteiger partial charge in [0.2, 0.25) is 5.91 Å². The smallest absolute Gasteiger partial charge is 0.234 e. The van der Waals surface area contributed by atoms with E-state index in [0.717, 1.165) is 26.7 Å². The Kier molecular flexibility index (Phi) is 5.91. The molecule has 6 nitrogen and oxygen atoms in total. The Morgan fingerprint density at radius 1 is 1.20 bits per heavy atom. The fourth-order valence-electron chi connectivity index (χ4n) is 2.87. The number of thiazole rings is 1. The van der Waals surface area contributed by atoms with Crippen molar-refractivity contribution >= 4 is 44.9 Å². The molecule has 152 valence electrons. The second-order valence-corrected chi connectivity index (χ2v) is 8.51. The minimum atomic E-state index is -0.404. The van der Waals surface area contributed by atoms with Crippen LogP contribution in [0.25, 0.3) is 21.5 Å². The van der Waals surface area contributed by atoms with Crippen molar-refractivity contribution < 1.29 is 13.9 Å². The van der Waals surface area contributed by atoms with Crippen LogP contribution in [0.1, 0.15) is 5.01 Å². The zero-order valence-corrected chi connectivity index (χ0v) is 17.8. The lowest BCUT2D eigenvalue weighted by molar-refractivity contribution is -0.113. The highest BCUT2D eigenvalue weighted by Gasteiger charge is 2.17. The van der Waals surface area contributed by atoms with Crippen LogP contribution in [-0.4, -0.2) is 34.0 Å². The summed E-state index contributed by atoms with van der Waals surface area (Å²) in [6.45, 7) is 1.92. The van der Waals surface area contributed by atoms with Crippen LogP contribution in [-0.2, 0) is 4.79 Å². The number of aromatic nitrogens is 3. The van der Waals surface area contributed by atoms with Gasteiger partial charge < -0.3 is 10.1 Å². The van der Waals surface area contributed by atoms with E-state index < -0.39 is 5.82 Å². The lowest BCUT2D eigenvalue weighted by Gasteiger charge is -2.07. The highest BCUT2D eigenvalue weighted by Crippen LogP contribution is 2.36. The molecule has 0 bridgehead atoms. The van der Waals surface area contributed by atoms with Crippen molar-refractivity contribution in [2.24, 2.45) is 0 Å². The Morgan fingerprint density at radius 2 is 2.03 bits per heavy atom. The number of methoxy groups -OCH3 is 1. The van der Waals surface area contributed by atoms with Gasteiger partial charge in [0.05, 0.1) is 22.6 Å². The van der Waals surface area contributed by atoms with Crippen LogP contribution in [0.3, 0.4) is 0 Å². The zero-order chi connectivity index (χ0) is 21.1. The van der Waals surface area contributed by atoms with Gasteiger partial charge in [-0.2, -0.15) is 0 Å². The number of ether oxygens (including phenoxy) is 1. The summed E-state index contributed by atoms with van der Waals surface area (Å²) >= 11 is 2.78. The predicted octanol–water partition coefficient (Wildman–Crippen LogP) is 4.94. The van der Waals surface area contributed by atoms with Gasteiger partial charge >= 0.3 is 0 Å². The summed E-state index contributed by atoms with van der Waals surface area (Å²) in [6, 6.07) is 13.4. The third-order valence-electron chi connectivity index (χ3n) is 4.18. The van der Waals surface area contributed by atoms with Crippen molar-refractivity contribution in [2.75, 3.05) is 18.2 Å². The maximum atomic E-state index is 13.3. The van der Waals surface area contributed by atoms with Crippen molar-refractivity contribution in [2.45, 2.75) is 11.9 Å². The van der Waals surface area contributed by atoms with Crippen LogP contribution in [0, 0.1) is 12.7 Å². The number of aryl methyl sites for hydroxylation is 1. The lowest BCUT2D eigenvalue weighted by atomic mass is 10.1. The topological polar surface area (TPSA) is 77.0 Å². The van der Waals surface area contributed by atoms with E-state index in [0.29, 0.717) is 16.2 Å². The number of nitrogens with zero attached hydrogens (tertiary/aromatic N) is 3. The second-order valence-electron chi connectivity index (χ2n) is 6.34. The number of hydrogen-bond donors (Lipinski definition) is 1. The molecule has 0 aliphatic rings. The van der Waals surface area contributed by atoms with Crippen LogP contribution in [0.15, 0.2) is 53.6 Å². The number of halogens is 1. The molecule has 0 radical (unpaired) electrons. The molecule has 9 heteroatoms. The van der Waals surface area contributed by atoms with E-state index >= 15 is 0 Å². The molecule has 1 N–H and O–H groups in total. The maximum Gasteiger partial charge on any atom is 0.234 e. The minimum Gasteiger partial charge on any atom is -0.497 e. The van der Waals surface area contributed by atoms with Crippen molar-refractivity contribution in [3.8, 4) is 17.0 Å². The Labute approximate surface area is 180 Å². The molecule has 0 aliphatic carbocycles. The first kappa shape index (κ1) is 20.2. The molecule has 0 saturated carbocycles. The first-order valence-corrected chi connectivity index (χ1v) is 10.8. The van der Waals surface area contributed by atoms with E-state index in [2.05, 4.69) is 20.5 Å². The number of amides is 1. The number of thioether (sulfide) groups is 1. The molecular formula is C21H17FN4O2S2. The van der Waals surface area contributed by atoms with Crippen LogP contribution in [0.2, 0.25) is 0 Å². The fourth-order valence-corrected chi connectivity index (χ4v) is 4.59. The molecule has 0 unspecified atom stereocenters. The Bertz CT molecular complexity index is 1230. The number of nitrogens with one attached hydrogen (secondary N) is 1. The van der Waals surface area contributed by atoms with Gasteiger partial charge in [-0.05, 0) is 37.3 Å². The van der Waals surface area contributed by atoms with E-state index in [9.17, 15) is 9.18 Å². The molecular weight excluding hydrogens is 423 g/mol. The largest absolute Gasteiger partial charge is 0.497 e. The maximum absolute atomic E-state index is 13.3. The van der Waals surface area contributed by atoms with Gasteiger partial charge in [0, 0.05) is 11.3 Å². The molecule has 2 aromatic heterocycles. The van der Waals surface area contributed by atoms with Crippen molar-refractivity contribution in [3.63, 3.8) is 0 Å². The van der Waals surface area contributed by atoms with Crippen molar-refractivity contribution in [1.29, 1.82) is 0 Å². The summed E-state index contributed by atoms with van der Waals surface area (Å²) in [7, 11) is 1.62. The van der Waals surface area contributed by atoms with Crippen LogP contribution >= 0.6 is 23.1 Å². The highest BCUT2D eigenvalue weighted by molar-refractivity contribution is 8.00. The van der Waals surface area contributed by atoms with Gasteiger partial charge in [0.1, 0.15) is 27.8 Å². The SMILES string of the molecule is COc1cccc(-c2nnc(SCC(=O)Nc3cccc(F)c3)c3nc(C)sc23)c1. The standard InChI is InChI=1S/C21H17FN4O2S2/c1-12-23-19-20(30-12)18(13-5-3-8-16(9-13)28-2)25-26-21(19)29-11-17(27)24-15-7-4-6-14(22)10-15/h3-10H,11H2,1-2H3,(H,24,27). The predicted molar refractivity (Wildman–Crippen MR) is 118 cm³/mol. The van der Waals surface area contributed by atoms with E-state index in [1.54, 1.807) is 19.2 Å². The van der Waals surface area contributed by atoms with Crippen LogP contribution < -0.4 is 10.1 Å². The number of carbonyl (C=O) groups is 1. The van der Waals surface area contributed by atoms with E-state index in [1.165, 1.54) is 35.2 Å². The average molecular weight is 441 g/mol. The van der Waals surface area contributed by atoms with Crippen LogP contribution in [0.4, 0.5) is 10.1 Å². The molecule has 4 rings (SSSR count). The number of rotatable bonds is 6. The number of benzene rings is 2. The molecule has 2 aromatic carbocycles. The molecule has 4 aromatic rings. The lowest BCUT2D eigenvalue weighted by Crippen LogP contribution is -2.14. The van der Waals surface area contributed by atoms with Gasteiger partial charge in [-0.3, -0.25) is 4.79 Å². The normalized spacial score (nSPS) is 10.9. The first-order valence-electron chi connectivity index (χ1n) is 9.00. The van der Waals surface area contributed by atoms with Gasteiger partial charge in [0.25, 0.3) is 0 Å². The molecule has 0 atom stereocenters.